The Kier molecular flexibility index (Phi) is 3.63. The first-order valence-corrected chi connectivity index (χ1v) is 6.43. The van der Waals surface area contributed by atoms with Gasteiger partial charge in [-0.2, -0.15) is 0 Å². The van der Waals surface area contributed by atoms with E-state index >= 15 is 0 Å². The zero-order valence-corrected chi connectivity index (χ0v) is 11.4. The summed E-state index contributed by atoms with van der Waals surface area (Å²) in [6.45, 7) is 4.10. The number of rotatable bonds is 4. The molecule has 2 nitrogen and oxygen atoms in total. The molecule has 0 amide bonds. The third-order valence-electron chi connectivity index (χ3n) is 3.65. The summed E-state index contributed by atoms with van der Waals surface area (Å²) >= 11 is 0. The fourth-order valence-corrected chi connectivity index (χ4v) is 2.44. The predicted molar refractivity (Wildman–Crippen MR) is 74.8 cm³/mol. The summed E-state index contributed by atoms with van der Waals surface area (Å²) < 4.78 is 5.17. The Balaban J connectivity index is 1.87. The predicted octanol–water partition coefficient (Wildman–Crippen LogP) is 2.94. The third kappa shape index (κ3) is 2.86. The molecule has 0 radical (unpaired) electrons. The molecule has 1 aliphatic carbocycles. The first kappa shape index (κ1) is 13.0. The van der Waals surface area contributed by atoms with Crippen LogP contribution in [0.4, 0.5) is 0 Å². The molecule has 0 atom stereocenters. The van der Waals surface area contributed by atoms with Crippen LogP contribution in [0.15, 0.2) is 24.3 Å². The van der Waals surface area contributed by atoms with Crippen LogP contribution in [0.5, 0.6) is 5.75 Å². The Morgan fingerprint density at radius 3 is 2.39 bits per heavy atom. The van der Waals surface area contributed by atoms with Crippen LogP contribution in [-0.2, 0) is 0 Å². The molecular formula is C16H21NO. The maximum Gasteiger partial charge on any atom is 0.118 e. The van der Waals surface area contributed by atoms with Crippen LogP contribution < -0.4 is 10.1 Å². The van der Waals surface area contributed by atoms with Crippen molar-refractivity contribution in [1.82, 2.24) is 5.32 Å². The molecule has 2 heteroatoms. The maximum atomic E-state index is 5.48. The quantitative estimate of drug-likeness (QED) is 0.821. The SMILES string of the molecule is C#CC(C)(C)NC1CC(c2ccc(OC)cc2)C1. The summed E-state index contributed by atoms with van der Waals surface area (Å²) in [5, 5.41) is 3.50. The summed E-state index contributed by atoms with van der Waals surface area (Å²) in [6, 6.07) is 8.92. The van der Waals surface area contributed by atoms with E-state index < -0.39 is 0 Å². The van der Waals surface area contributed by atoms with Crippen molar-refractivity contribution in [3.63, 3.8) is 0 Å². The Labute approximate surface area is 110 Å². The summed E-state index contributed by atoms with van der Waals surface area (Å²) in [4.78, 5) is 0. The van der Waals surface area contributed by atoms with E-state index in [0.29, 0.717) is 12.0 Å². The van der Waals surface area contributed by atoms with Gasteiger partial charge in [-0.3, -0.25) is 5.32 Å². The van der Waals surface area contributed by atoms with E-state index in [1.165, 1.54) is 5.56 Å². The van der Waals surface area contributed by atoms with E-state index in [9.17, 15) is 0 Å². The molecule has 0 heterocycles. The smallest absolute Gasteiger partial charge is 0.118 e. The van der Waals surface area contributed by atoms with E-state index in [-0.39, 0.29) is 5.54 Å². The van der Waals surface area contributed by atoms with Gasteiger partial charge in [-0.05, 0) is 50.3 Å². The van der Waals surface area contributed by atoms with Crippen LogP contribution >= 0.6 is 0 Å². The molecule has 0 spiro atoms. The molecule has 1 saturated carbocycles. The van der Waals surface area contributed by atoms with E-state index in [4.69, 9.17) is 11.2 Å². The van der Waals surface area contributed by atoms with Crippen LogP contribution in [0.1, 0.15) is 38.2 Å². The van der Waals surface area contributed by atoms with Gasteiger partial charge >= 0.3 is 0 Å². The third-order valence-corrected chi connectivity index (χ3v) is 3.65. The minimum absolute atomic E-state index is 0.199. The number of terminal acetylenes is 1. The van der Waals surface area contributed by atoms with Gasteiger partial charge in [0.2, 0.25) is 0 Å². The lowest BCUT2D eigenvalue weighted by Crippen LogP contribution is -2.50. The minimum Gasteiger partial charge on any atom is -0.497 e. The molecular weight excluding hydrogens is 222 g/mol. The molecule has 1 aromatic rings. The number of methoxy groups -OCH3 is 1. The van der Waals surface area contributed by atoms with Crippen LogP contribution in [0.2, 0.25) is 0 Å². The first-order valence-electron chi connectivity index (χ1n) is 6.43. The van der Waals surface area contributed by atoms with Gasteiger partial charge in [-0.1, -0.05) is 18.1 Å². The monoisotopic (exact) mass is 243 g/mol. The molecule has 0 unspecified atom stereocenters. The van der Waals surface area contributed by atoms with E-state index in [1.807, 2.05) is 26.0 Å². The Bertz CT molecular complexity index is 435. The van der Waals surface area contributed by atoms with Crippen molar-refractivity contribution in [3.05, 3.63) is 29.8 Å². The Hall–Kier alpha value is -1.46. The molecule has 1 aromatic carbocycles. The summed E-state index contributed by atoms with van der Waals surface area (Å²) in [7, 11) is 1.69. The van der Waals surface area contributed by atoms with Gasteiger partial charge in [0.05, 0.1) is 12.6 Å². The largest absolute Gasteiger partial charge is 0.497 e. The average Bonchev–Trinajstić information content (AvgIpc) is 2.34. The van der Waals surface area contributed by atoms with Gasteiger partial charge in [-0.25, -0.2) is 0 Å². The van der Waals surface area contributed by atoms with Crippen LogP contribution in [0.3, 0.4) is 0 Å². The lowest BCUT2D eigenvalue weighted by Gasteiger charge is -2.40. The number of benzene rings is 1. The lowest BCUT2D eigenvalue weighted by molar-refractivity contribution is 0.253. The molecule has 1 fully saturated rings. The van der Waals surface area contributed by atoms with Gasteiger partial charge in [0.25, 0.3) is 0 Å². The topological polar surface area (TPSA) is 21.3 Å². The molecule has 1 aliphatic rings. The van der Waals surface area contributed by atoms with Crippen molar-refractivity contribution in [2.45, 2.75) is 44.2 Å². The Morgan fingerprint density at radius 1 is 1.28 bits per heavy atom. The van der Waals surface area contributed by atoms with Crippen molar-refractivity contribution in [1.29, 1.82) is 0 Å². The normalized spacial score (nSPS) is 23.0. The molecule has 0 aliphatic heterocycles. The maximum absolute atomic E-state index is 5.48. The molecule has 0 aromatic heterocycles. The highest BCUT2D eigenvalue weighted by molar-refractivity contribution is 5.31. The zero-order valence-electron chi connectivity index (χ0n) is 11.4. The van der Waals surface area contributed by atoms with Crippen LogP contribution in [0, 0.1) is 12.3 Å². The lowest BCUT2D eigenvalue weighted by atomic mass is 9.75. The summed E-state index contributed by atoms with van der Waals surface area (Å²) in [6.07, 6.45) is 7.81. The average molecular weight is 243 g/mol. The highest BCUT2D eigenvalue weighted by Crippen LogP contribution is 2.38. The van der Waals surface area contributed by atoms with E-state index in [1.54, 1.807) is 7.11 Å². The van der Waals surface area contributed by atoms with Crippen LogP contribution in [0.25, 0.3) is 0 Å². The number of hydrogen-bond acceptors (Lipinski definition) is 2. The standard InChI is InChI=1S/C16H21NO/c1-5-16(2,3)17-14-10-13(11-14)12-6-8-15(18-4)9-7-12/h1,6-9,13-14,17H,10-11H2,2-4H3. The highest BCUT2D eigenvalue weighted by atomic mass is 16.5. The molecule has 0 bridgehead atoms. The molecule has 1 N–H and O–H groups in total. The van der Waals surface area contributed by atoms with Crippen molar-refractivity contribution in [2.75, 3.05) is 7.11 Å². The molecule has 18 heavy (non-hydrogen) atoms. The number of ether oxygens (including phenoxy) is 1. The highest BCUT2D eigenvalue weighted by Gasteiger charge is 2.33. The van der Waals surface area contributed by atoms with Crippen molar-refractivity contribution in [2.24, 2.45) is 0 Å². The zero-order chi connectivity index (χ0) is 13.2. The molecule has 2 rings (SSSR count). The second-order valence-corrected chi connectivity index (χ2v) is 5.55. The van der Waals surface area contributed by atoms with Gasteiger partial charge < -0.3 is 4.74 Å². The number of hydrogen-bond donors (Lipinski definition) is 1. The van der Waals surface area contributed by atoms with Gasteiger partial charge in [-0.15, -0.1) is 6.42 Å². The van der Waals surface area contributed by atoms with Crippen molar-refractivity contribution < 1.29 is 4.74 Å². The van der Waals surface area contributed by atoms with Gasteiger partial charge in [0.15, 0.2) is 0 Å². The fourth-order valence-electron chi connectivity index (χ4n) is 2.44. The summed E-state index contributed by atoms with van der Waals surface area (Å²) in [5.74, 6) is 4.35. The fraction of sp³-hybridized carbons (Fsp3) is 0.500. The molecule has 0 saturated heterocycles. The van der Waals surface area contributed by atoms with Gasteiger partial charge in [0, 0.05) is 6.04 Å². The van der Waals surface area contributed by atoms with Gasteiger partial charge in [0.1, 0.15) is 5.75 Å². The molecule has 96 valence electrons. The van der Waals surface area contributed by atoms with Crippen molar-refractivity contribution in [3.8, 4) is 18.1 Å². The van der Waals surface area contributed by atoms with E-state index in [2.05, 4.69) is 23.4 Å². The van der Waals surface area contributed by atoms with Crippen molar-refractivity contribution >= 4 is 0 Å². The second kappa shape index (κ2) is 5.04. The number of nitrogens with one attached hydrogen (secondary N) is 1. The minimum atomic E-state index is -0.199. The Morgan fingerprint density at radius 2 is 1.89 bits per heavy atom. The van der Waals surface area contributed by atoms with E-state index in [0.717, 1.165) is 18.6 Å². The first-order chi connectivity index (χ1) is 8.54. The van der Waals surface area contributed by atoms with Crippen LogP contribution in [-0.4, -0.2) is 18.7 Å². The second-order valence-electron chi connectivity index (χ2n) is 5.55. The summed E-state index contributed by atoms with van der Waals surface area (Å²) in [5.41, 5.74) is 1.20.